The Bertz CT molecular complexity index is 657. The van der Waals surface area contributed by atoms with Crippen molar-refractivity contribution in [2.24, 2.45) is 7.05 Å². The Morgan fingerprint density at radius 1 is 1.26 bits per heavy atom. The van der Waals surface area contributed by atoms with Crippen LogP contribution < -0.4 is 5.32 Å². The largest absolute Gasteiger partial charge is 0.379 e. The lowest BCUT2D eigenvalue weighted by Gasteiger charge is -2.06. The number of benzene rings is 1. The van der Waals surface area contributed by atoms with Crippen molar-refractivity contribution in [1.29, 1.82) is 0 Å². The first-order valence-corrected chi connectivity index (χ1v) is 5.74. The molecule has 8 nitrogen and oxygen atoms in total. The Morgan fingerprint density at radius 3 is 2.95 bits per heavy atom. The van der Waals surface area contributed by atoms with E-state index in [1.54, 1.807) is 15.7 Å². The molecule has 3 rings (SSSR count). The van der Waals surface area contributed by atoms with Gasteiger partial charge in [-0.15, -0.1) is 10.2 Å². The van der Waals surface area contributed by atoms with Crippen LogP contribution in [0, 0.1) is 0 Å². The van der Waals surface area contributed by atoms with Gasteiger partial charge in [-0.3, -0.25) is 4.68 Å². The van der Waals surface area contributed by atoms with E-state index in [2.05, 4.69) is 31.2 Å². The lowest BCUT2D eigenvalue weighted by Crippen LogP contribution is -2.01. The molecule has 8 heteroatoms. The first-order valence-electron chi connectivity index (χ1n) is 5.74. The van der Waals surface area contributed by atoms with Gasteiger partial charge >= 0.3 is 0 Å². The summed E-state index contributed by atoms with van der Waals surface area (Å²) in [5, 5.41) is 22.3. The molecule has 0 aliphatic carbocycles. The van der Waals surface area contributed by atoms with Gasteiger partial charge in [-0.1, -0.05) is 11.3 Å². The molecule has 0 atom stereocenters. The zero-order valence-corrected chi connectivity index (χ0v) is 10.3. The first kappa shape index (κ1) is 11.3. The summed E-state index contributed by atoms with van der Waals surface area (Å²) in [5.74, 6) is 0. The van der Waals surface area contributed by atoms with Gasteiger partial charge in [0, 0.05) is 18.9 Å². The van der Waals surface area contributed by atoms with Crippen LogP contribution in [-0.4, -0.2) is 35.2 Å². The van der Waals surface area contributed by atoms with Crippen LogP contribution in [0.25, 0.3) is 5.69 Å². The minimum Gasteiger partial charge on any atom is -0.379 e. The fourth-order valence-corrected chi connectivity index (χ4v) is 1.71. The molecule has 0 amide bonds. The maximum atomic E-state index is 4.02. The van der Waals surface area contributed by atoms with E-state index >= 15 is 0 Å². The molecule has 1 N–H and O–H groups in total. The molecule has 2 heterocycles. The average molecular weight is 256 g/mol. The minimum absolute atomic E-state index is 0.618. The summed E-state index contributed by atoms with van der Waals surface area (Å²) in [7, 11) is 1.84. The van der Waals surface area contributed by atoms with Crippen molar-refractivity contribution in [1.82, 2.24) is 35.2 Å². The molecular weight excluding hydrogens is 244 g/mol. The summed E-state index contributed by atoms with van der Waals surface area (Å²) in [6.07, 6.45) is 3.43. The Morgan fingerprint density at radius 2 is 2.21 bits per heavy atom. The van der Waals surface area contributed by atoms with Crippen molar-refractivity contribution >= 4 is 5.69 Å². The topological polar surface area (TPSA) is 86.3 Å². The molecule has 0 saturated heterocycles. The Balaban J connectivity index is 1.73. The minimum atomic E-state index is 0.618. The number of hydrogen-bond acceptors (Lipinski definition) is 6. The summed E-state index contributed by atoms with van der Waals surface area (Å²) in [6, 6.07) is 7.82. The quantitative estimate of drug-likeness (QED) is 0.727. The molecule has 0 bridgehead atoms. The number of hydrogen-bond donors (Lipinski definition) is 1. The van der Waals surface area contributed by atoms with Crippen molar-refractivity contribution in [2.75, 3.05) is 5.32 Å². The van der Waals surface area contributed by atoms with Gasteiger partial charge < -0.3 is 5.32 Å². The van der Waals surface area contributed by atoms with E-state index in [9.17, 15) is 0 Å². The molecule has 0 spiro atoms. The first-order chi connectivity index (χ1) is 9.31. The van der Waals surface area contributed by atoms with E-state index in [-0.39, 0.29) is 0 Å². The molecule has 0 saturated carbocycles. The summed E-state index contributed by atoms with van der Waals surface area (Å²) in [4.78, 5) is 0. The fraction of sp³-hybridized carbons (Fsp3) is 0.182. The number of rotatable bonds is 4. The second kappa shape index (κ2) is 4.84. The van der Waals surface area contributed by atoms with Crippen LogP contribution in [0.1, 0.15) is 5.69 Å². The van der Waals surface area contributed by atoms with E-state index in [4.69, 9.17) is 0 Å². The highest BCUT2D eigenvalue weighted by molar-refractivity contribution is 5.50. The second-order valence-electron chi connectivity index (χ2n) is 4.04. The van der Waals surface area contributed by atoms with Crippen LogP contribution in [0.15, 0.2) is 36.8 Å². The molecular formula is C11H12N8. The number of anilines is 1. The summed E-state index contributed by atoms with van der Waals surface area (Å²) in [6.45, 7) is 0.618. The lowest BCUT2D eigenvalue weighted by molar-refractivity contribution is 0.713. The molecule has 96 valence electrons. The second-order valence-corrected chi connectivity index (χ2v) is 4.04. The summed E-state index contributed by atoms with van der Waals surface area (Å²) >= 11 is 0. The normalized spacial score (nSPS) is 10.6. The molecule has 19 heavy (non-hydrogen) atoms. The summed E-state index contributed by atoms with van der Waals surface area (Å²) < 4.78 is 3.28. The zero-order valence-electron chi connectivity index (χ0n) is 10.3. The van der Waals surface area contributed by atoms with Gasteiger partial charge in [-0.05, 0) is 28.6 Å². The van der Waals surface area contributed by atoms with Gasteiger partial charge in [-0.25, -0.2) is 4.68 Å². The van der Waals surface area contributed by atoms with E-state index in [0.29, 0.717) is 6.54 Å². The highest BCUT2D eigenvalue weighted by atomic mass is 15.5. The number of aromatic nitrogens is 7. The van der Waals surface area contributed by atoms with E-state index in [0.717, 1.165) is 17.1 Å². The monoisotopic (exact) mass is 256 g/mol. The standard InChI is InChI=1S/C11H12N8/c1-18-7-10(14-16-18)6-12-9-3-2-4-11(5-9)19-8-13-15-17-19/h2-5,7-8,12H,6H2,1H3. The van der Waals surface area contributed by atoms with Crippen molar-refractivity contribution in [3.8, 4) is 5.69 Å². The average Bonchev–Trinajstić information content (AvgIpc) is 3.08. The number of aryl methyl sites for hydroxylation is 1. The van der Waals surface area contributed by atoms with Gasteiger partial charge in [0.05, 0.1) is 12.2 Å². The third kappa shape index (κ3) is 2.57. The predicted octanol–water partition coefficient (Wildman–Crippen LogP) is 0.403. The molecule has 3 aromatic rings. The molecule has 1 aromatic carbocycles. The van der Waals surface area contributed by atoms with Gasteiger partial charge in [0.1, 0.15) is 12.0 Å². The maximum Gasteiger partial charge on any atom is 0.143 e. The molecule has 0 aliphatic rings. The Hall–Kier alpha value is -2.77. The van der Waals surface area contributed by atoms with Crippen molar-refractivity contribution in [3.05, 3.63) is 42.5 Å². The predicted molar refractivity (Wildman–Crippen MR) is 67.5 cm³/mol. The van der Waals surface area contributed by atoms with Gasteiger partial charge in [0.2, 0.25) is 0 Å². The molecule has 0 unspecified atom stereocenters. The molecule has 0 aliphatic heterocycles. The van der Waals surface area contributed by atoms with Gasteiger partial charge in [0.15, 0.2) is 0 Å². The Labute approximate surface area is 109 Å². The van der Waals surface area contributed by atoms with E-state index in [1.807, 2.05) is 37.5 Å². The Kier molecular flexibility index (Phi) is 2.89. The van der Waals surface area contributed by atoms with Crippen LogP contribution in [-0.2, 0) is 13.6 Å². The van der Waals surface area contributed by atoms with Gasteiger partial charge in [0.25, 0.3) is 0 Å². The highest BCUT2D eigenvalue weighted by Crippen LogP contribution is 2.13. The summed E-state index contributed by atoms with van der Waals surface area (Å²) in [5.41, 5.74) is 2.75. The number of tetrazole rings is 1. The molecule has 2 aromatic heterocycles. The van der Waals surface area contributed by atoms with Crippen LogP contribution in [0.2, 0.25) is 0 Å². The van der Waals surface area contributed by atoms with Crippen molar-refractivity contribution in [3.63, 3.8) is 0 Å². The zero-order chi connectivity index (χ0) is 13.1. The van der Waals surface area contributed by atoms with Gasteiger partial charge in [-0.2, -0.15) is 0 Å². The maximum absolute atomic E-state index is 4.02. The lowest BCUT2D eigenvalue weighted by atomic mass is 10.2. The molecule has 0 radical (unpaired) electrons. The van der Waals surface area contributed by atoms with Crippen molar-refractivity contribution in [2.45, 2.75) is 6.54 Å². The fourth-order valence-electron chi connectivity index (χ4n) is 1.71. The van der Waals surface area contributed by atoms with E-state index in [1.165, 1.54) is 0 Å². The molecule has 0 fully saturated rings. The smallest absolute Gasteiger partial charge is 0.143 e. The van der Waals surface area contributed by atoms with Crippen LogP contribution in [0.3, 0.4) is 0 Å². The number of nitrogens with zero attached hydrogens (tertiary/aromatic N) is 7. The van der Waals surface area contributed by atoms with E-state index < -0.39 is 0 Å². The third-order valence-corrected chi connectivity index (χ3v) is 2.58. The number of nitrogens with one attached hydrogen (secondary N) is 1. The SMILES string of the molecule is Cn1cc(CNc2cccc(-n3cnnn3)c2)nn1. The van der Waals surface area contributed by atoms with Crippen LogP contribution in [0.4, 0.5) is 5.69 Å². The highest BCUT2D eigenvalue weighted by Gasteiger charge is 2.01. The third-order valence-electron chi connectivity index (χ3n) is 2.58. The van der Waals surface area contributed by atoms with Crippen molar-refractivity contribution < 1.29 is 0 Å². The van der Waals surface area contributed by atoms with Crippen LogP contribution >= 0.6 is 0 Å². The van der Waals surface area contributed by atoms with Crippen LogP contribution in [0.5, 0.6) is 0 Å².